The van der Waals surface area contributed by atoms with Gasteiger partial charge in [-0.3, -0.25) is 9.59 Å². The Bertz CT molecular complexity index is 1300. The molecule has 1 saturated heterocycles. The molecule has 1 saturated carbocycles. The number of aliphatic hydroxyl groups excluding tert-OH is 1. The lowest BCUT2D eigenvalue weighted by Crippen LogP contribution is -2.40. The molecule has 0 radical (unpaired) electrons. The van der Waals surface area contributed by atoms with E-state index in [0.29, 0.717) is 17.1 Å². The van der Waals surface area contributed by atoms with Crippen LogP contribution in [-0.4, -0.2) is 39.5 Å². The Kier molecular flexibility index (Phi) is 4.64. The molecule has 1 aromatic heterocycles. The van der Waals surface area contributed by atoms with Gasteiger partial charge in [-0.1, -0.05) is 37.5 Å². The minimum atomic E-state index is -0.658. The van der Waals surface area contributed by atoms with Crippen LogP contribution in [0.4, 0.5) is 0 Å². The maximum absolute atomic E-state index is 13.4. The normalized spacial score (nSPS) is 22.4. The highest BCUT2D eigenvalue weighted by molar-refractivity contribution is 6.46. The highest BCUT2D eigenvalue weighted by Gasteiger charge is 2.49. The summed E-state index contributed by atoms with van der Waals surface area (Å²) < 4.78 is 10.8. The van der Waals surface area contributed by atoms with E-state index in [1.807, 2.05) is 30.5 Å². The largest absolute Gasteiger partial charge is 0.507 e. The molecule has 0 bridgehead atoms. The number of aromatic nitrogens is 1. The third-order valence-electron chi connectivity index (χ3n) is 7.01. The fourth-order valence-corrected chi connectivity index (χ4v) is 5.41. The lowest BCUT2D eigenvalue weighted by Gasteiger charge is -2.35. The summed E-state index contributed by atoms with van der Waals surface area (Å²) in [7, 11) is 0. The van der Waals surface area contributed by atoms with E-state index in [-0.39, 0.29) is 24.2 Å². The lowest BCUT2D eigenvalue weighted by atomic mass is 9.90. The number of fused-ring (bicyclic) bond motifs is 2. The van der Waals surface area contributed by atoms with Crippen LogP contribution in [0, 0.1) is 0 Å². The van der Waals surface area contributed by atoms with Gasteiger partial charge in [0.15, 0.2) is 11.5 Å². The van der Waals surface area contributed by atoms with Crippen molar-refractivity contribution in [3.63, 3.8) is 0 Å². The van der Waals surface area contributed by atoms with E-state index in [0.717, 1.165) is 48.6 Å². The van der Waals surface area contributed by atoms with E-state index in [1.54, 1.807) is 23.1 Å². The molecule has 7 heteroatoms. The third-order valence-corrected chi connectivity index (χ3v) is 7.01. The molecule has 2 aliphatic heterocycles. The van der Waals surface area contributed by atoms with E-state index < -0.39 is 17.7 Å². The number of nitrogens with zero attached hydrogens (tertiary/aromatic N) is 1. The molecule has 2 N–H and O–H groups in total. The monoisotopic (exact) mass is 444 g/mol. The van der Waals surface area contributed by atoms with Gasteiger partial charge >= 0.3 is 0 Å². The molecule has 0 spiro atoms. The molecular weight excluding hydrogens is 420 g/mol. The van der Waals surface area contributed by atoms with Crippen LogP contribution in [0.5, 0.6) is 11.5 Å². The highest BCUT2D eigenvalue weighted by Crippen LogP contribution is 2.45. The Morgan fingerprint density at radius 1 is 1.00 bits per heavy atom. The van der Waals surface area contributed by atoms with Crippen molar-refractivity contribution in [3.05, 3.63) is 65.4 Å². The van der Waals surface area contributed by atoms with Gasteiger partial charge in [-0.05, 0) is 37.1 Å². The van der Waals surface area contributed by atoms with Gasteiger partial charge < -0.3 is 24.5 Å². The van der Waals surface area contributed by atoms with Gasteiger partial charge in [0.2, 0.25) is 6.79 Å². The van der Waals surface area contributed by atoms with Crippen LogP contribution in [-0.2, 0) is 9.59 Å². The zero-order chi connectivity index (χ0) is 22.5. The Morgan fingerprint density at radius 2 is 1.79 bits per heavy atom. The summed E-state index contributed by atoms with van der Waals surface area (Å²) in [5.41, 5.74) is 2.28. The van der Waals surface area contributed by atoms with E-state index in [4.69, 9.17) is 9.47 Å². The quantitative estimate of drug-likeness (QED) is 0.349. The molecule has 1 amide bonds. The van der Waals surface area contributed by atoms with Gasteiger partial charge in [0.25, 0.3) is 11.7 Å². The highest BCUT2D eigenvalue weighted by atomic mass is 16.7. The second-order valence-corrected chi connectivity index (χ2v) is 8.86. The smallest absolute Gasteiger partial charge is 0.295 e. The summed E-state index contributed by atoms with van der Waals surface area (Å²) in [4.78, 5) is 31.7. The van der Waals surface area contributed by atoms with Gasteiger partial charge in [0.1, 0.15) is 5.76 Å². The van der Waals surface area contributed by atoms with Crippen LogP contribution in [0.3, 0.4) is 0 Å². The fraction of sp³-hybridized carbons (Fsp3) is 0.308. The lowest BCUT2D eigenvalue weighted by molar-refractivity contribution is -0.141. The number of aromatic amines is 1. The first kappa shape index (κ1) is 19.9. The molecule has 3 aromatic rings. The number of hydrogen-bond donors (Lipinski definition) is 2. The van der Waals surface area contributed by atoms with Gasteiger partial charge in [-0.2, -0.15) is 0 Å². The molecule has 7 nitrogen and oxygen atoms in total. The second-order valence-electron chi connectivity index (χ2n) is 8.86. The molecule has 168 valence electrons. The standard InChI is InChI=1S/C26H24N2O5/c29-24(15-10-11-20-21(12-15)33-14-32-20)22-23(18-13-27-19-9-5-4-8-17(18)19)28(26(31)25(22)30)16-6-2-1-3-7-16/h4-5,8-13,16,23,27,29H,1-3,6-7,14H2/b24-22+. The number of hydrogen-bond acceptors (Lipinski definition) is 5. The van der Waals surface area contributed by atoms with E-state index in [9.17, 15) is 14.7 Å². The molecule has 33 heavy (non-hydrogen) atoms. The van der Waals surface area contributed by atoms with Crippen molar-refractivity contribution in [2.24, 2.45) is 0 Å². The van der Waals surface area contributed by atoms with Crippen LogP contribution in [0.2, 0.25) is 0 Å². The number of carbonyl (C=O) groups excluding carboxylic acids is 2. The first-order valence-electron chi connectivity index (χ1n) is 11.4. The number of likely N-dealkylation sites (tertiary alicyclic amines) is 1. The second kappa shape index (κ2) is 7.69. The summed E-state index contributed by atoms with van der Waals surface area (Å²) in [5, 5.41) is 12.3. The first-order chi connectivity index (χ1) is 16.1. The van der Waals surface area contributed by atoms with Crippen molar-refractivity contribution in [2.75, 3.05) is 6.79 Å². The topological polar surface area (TPSA) is 91.9 Å². The summed E-state index contributed by atoms with van der Waals surface area (Å²) in [6.07, 6.45) is 6.75. The van der Waals surface area contributed by atoms with Gasteiger partial charge in [0.05, 0.1) is 11.6 Å². The Labute approximate surface area is 190 Å². The molecule has 3 aliphatic rings. The number of nitrogens with one attached hydrogen (secondary N) is 1. The molecular formula is C26H24N2O5. The SMILES string of the molecule is O=C1C(=O)N(C2CCCCC2)C(c2c[nH]c3ccccc23)/C1=C(\O)c1ccc2c(c1)OCO2. The van der Waals surface area contributed by atoms with Crippen LogP contribution >= 0.6 is 0 Å². The number of Topliss-reactive ketones (excluding diaryl/α,β-unsaturated/α-hetero) is 1. The first-order valence-corrected chi connectivity index (χ1v) is 11.4. The Morgan fingerprint density at radius 3 is 2.64 bits per heavy atom. The maximum atomic E-state index is 13.4. The number of rotatable bonds is 3. The summed E-state index contributed by atoms with van der Waals surface area (Å²) in [6.45, 7) is 0.112. The fourth-order valence-electron chi connectivity index (χ4n) is 5.41. The maximum Gasteiger partial charge on any atom is 0.295 e. The number of amides is 1. The summed E-state index contributed by atoms with van der Waals surface area (Å²) >= 11 is 0. The number of para-hydroxylation sites is 1. The number of aliphatic hydroxyl groups is 1. The number of H-pyrrole nitrogens is 1. The minimum Gasteiger partial charge on any atom is -0.507 e. The molecule has 2 aromatic carbocycles. The molecule has 3 heterocycles. The van der Waals surface area contributed by atoms with Crippen LogP contribution in [0.25, 0.3) is 16.7 Å². The average Bonchev–Trinajstić information content (AvgIpc) is 3.55. The van der Waals surface area contributed by atoms with E-state index >= 15 is 0 Å². The predicted molar refractivity (Wildman–Crippen MR) is 122 cm³/mol. The van der Waals surface area contributed by atoms with E-state index in [1.165, 1.54) is 0 Å². The van der Waals surface area contributed by atoms with Crippen LogP contribution < -0.4 is 9.47 Å². The van der Waals surface area contributed by atoms with Crippen LogP contribution in [0.1, 0.15) is 49.3 Å². The number of ketones is 1. The van der Waals surface area contributed by atoms with E-state index in [2.05, 4.69) is 4.98 Å². The average molecular weight is 444 g/mol. The zero-order valence-electron chi connectivity index (χ0n) is 18.0. The van der Waals surface area contributed by atoms with Gasteiger partial charge in [-0.15, -0.1) is 0 Å². The summed E-state index contributed by atoms with van der Waals surface area (Å²) in [6, 6.07) is 12.2. The van der Waals surface area contributed by atoms with Crippen molar-refractivity contribution >= 4 is 28.4 Å². The molecule has 1 unspecified atom stereocenters. The van der Waals surface area contributed by atoms with Crippen molar-refractivity contribution in [3.8, 4) is 11.5 Å². The zero-order valence-corrected chi connectivity index (χ0v) is 18.0. The molecule has 2 fully saturated rings. The van der Waals surface area contributed by atoms with Gasteiger partial charge in [-0.25, -0.2) is 0 Å². The summed E-state index contributed by atoms with van der Waals surface area (Å²) in [5.74, 6) is -0.294. The number of benzene rings is 2. The van der Waals surface area contributed by atoms with Crippen molar-refractivity contribution in [1.29, 1.82) is 0 Å². The Balaban J connectivity index is 1.54. The predicted octanol–water partition coefficient (Wildman–Crippen LogP) is 4.65. The molecule has 6 rings (SSSR count). The van der Waals surface area contributed by atoms with Crippen molar-refractivity contribution in [1.82, 2.24) is 9.88 Å². The van der Waals surface area contributed by atoms with Crippen molar-refractivity contribution in [2.45, 2.75) is 44.2 Å². The van der Waals surface area contributed by atoms with Crippen LogP contribution in [0.15, 0.2) is 54.2 Å². The number of carbonyl (C=O) groups is 2. The Hall–Kier alpha value is -3.74. The molecule has 1 atom stereocenters. The van der Waals surface area contributed by atoms with Gasteiger partial charge in [0, 0.05) is 34.3 Å². The van der Waals surface area contributed by atoms with Crippen molar-refractivity contribution < 1.29 is 24.2 Å². The molecule has 1 aliphatic carbocycles. The number of ether oxygens (including phenoxy) is 2. The third kappa shape index (κ3) is 3.10. The minimum absolute atomic E-state index is 0.0316.